The molecular formula is C19H26FN3O5. The second kappa shape index (κ2) is 8.30. The lowest BCUT2D eigenvalue weighted by Gasteiger charge is -2.39. The smallest absolute Gasteiger partial charge is 0.295 e. The van der Waals surface area contributed by atoms with E-state index in [0.717, 1.165) is 6.07 Å². The Morgan fingerprint density at radius 1 is 1.25 bits per heavy atom. The molecule has 1 aromatic rings. The Morgan fingerprint density at radius 2 is 1.86 bits per heavy atom. The molecule has 2 heterocycles. The number of nitro benzene ring substituents is 1. The van der Waals surface area contributed by atoms with Gasteiger partial charge < -0.3 is 19.3 Å². The number of benzene rings is 1. The third-order valence-corrected chi connectivity index (χ3v) is 5.36. The highest BCUT2D eigenvalue weighted by atomic mass is 19.1. The van der Waals surface area contributed by atoms with E-state index in [-0.39, 0.29) is 35.5 Å². The van der Waals surface area contributed by atoms with Crippen molar-refractivity contribution in [3.8, 4) is 5.75 Å². The van der Waals surface area contributed by atoms with Gasteiger partial charge in [-0.2, -0.15) is 0 Å². The lowest BCUT2D eigenvalue weighted by atomic mass is 9.94. The average Bonchev–Trinajstić information content (AvgIpc) is 2.66. The maximum absolute atomic E-state index is 13.9. The van der Waals surface area contributed by atoms with E-state index in [9.17, 15) is 19.3 Å². The van der Waals surface area contributed by atoms with Gasteiger partial charge in [-0.15, -0.1) is 0 Å². The van der Waals surface area contributed by atoms with Gasteiger partial charge in [0.15, 0.2) is 11.6 Å². The Bertz CT molecular complexity index is 741. The van der Waals surface area contributed by atoms with Crippen LogP contribution < -0.4 is 9.64 Å². The molecule has 154 valence electrons. The Balaban J connectivity index is 1.70. The number of piperidine rings is 1. The van der Waals surface area contributed by atoms with Crippen molar-refractivity contribution in [2.24, 2.45) is 5.92 Å². The third-order valence-electron chi connectivity index (χ3n) is 5.36. The summed E-state index contributed by atoms with van der Waals surface area (Å²) in [5.74, 6) is -0.795. The van der Waals surface area contributed by atoms with Crippen LogP contribution in [0.2, 0.25) is 0 Å². The average molecular weight is 395 g/mol. The quantitative estimate of drug-likeness (QED) is 0.575. The number of ether oxygens (including phenoxy) is 2. The van der Waals surface area contributed by atoms with E-state index in [4.69, 9.17) is 9.47 Å². The summed E-state index contributed by atoms with van der Waals surface area (Å²) in [6, 6.07) is 2.25. The third kappa shape index (κ3) is 4.19. The number of hydrogen-bond acceptors (Lipinski definition) is 6. The Kier molecular flexibility index (Phi) is 6.02. The zero-order valence-electron chi connectivity index (χ0n) is 16.4. The topological polar surface area (TPSA) is 85.2 Å². The monoisotopic (exact) mass is 395 g/mol. The number of rotatable bonds is 4. The van der Waals surface area contributed by atoms with Crippen LogP contribution in [0, 0.1) is 21.8 Å². The molecule has 0 bridgehead atoms. The first-order valence-electron chi connectivity index (χ1n) is 9.51. The van der Waals surface area contributed by atoms with E-state index in [2.05, 4.69) is 0 Å². The minimum absolute atomic E-state index is 0.0159. The van der Waals surface area contributed by atoms with Crippen molar-refractivity contribution in [2.75, 3.05) is 38.2 Å². The predicted octanol–water partition coefficient (Wildman–Crippen LogP) is 2.59. The molecule has 2 aliphatic heterocycles. The molecule has 0 saturated carbocycles. The van der Waals surface area contributed by atoms with Crippen molar-refractivity contribution in [3.05, 3.63) is 28.1 Å². The molecule has 0 aromatic heterocycles. The highest BCUT2D eigenvalue weighted by Crippen LogP contribution is 2.36. The minimum Gasteiger partial charge on any atom is -0.494 e. The van der Waals surface area contributed by atoms with Gasteiger partial charge in [0.05, 0.1) is 30.3 Å². The summed E-state index contributed by atoms with van der Waals surface area (Å²) in [5, 5.41) is 11.4. The van der Waals surface area contributed by atoms with Gasteiger partial charge in [-0.1, -0.05) is 0 Å². The standard InChI is InChI=1S/C19H26FN3O5/c1-12-10-22(11-13(2)28-12)19(24)14-4-6-21(7-5-14)16-9-18(27-3)15(20)8-17(16)23(25)26/h8-9,12-14H,4-7,10-11H2,1-3H3. The van der Waals surface area contributed by atoms with Crippen LogP contribution in [-0.2, 0) is 9.53 Å². The highest BCUT2D eigenvalue weighted by molar-refractivity contribution is 5.79. The second-order valence-corrected chi connectivity index (χ2v) is 7.49. The molecule has 0 radical (unpaired) electrons. The zero-order chi connectivity index (χ0) is 20.4. The summed E-state index contributed by atoms with van der Waals surface area (Å²) >= 11 is 0. The zero-order valence-corrected chi connectivity index (χ0v) is 16.4. The molecule has 28 heavy (non-hydrogen) atoms. The van der Waals surface area contributed by atoms with Gasteiger partial charge >= 0.3 is 0 Å². The van der Waals surface area contributed by atoms with Crippen LogP contribution in [0.3, 0.4) is 0 Å². The SMILES string of the molecule is COc1cc(N2CCC(C(=O)N3CC(C)OC(C)C3)CC2)c([N+](=O)[O-])cc1F. The molecule has 2 aliphatic rings. The fourth-order valence-corrected chi connectivity index (χ4v) is 4.07. The van der Waals surface area contributed by atoms with Crippen LogP contribution in [0.25, 0.3) is 0 Å². The van der Waals surface area contributed by atoms with E-state index >= 15 is 0 Å². The fraction of sp³-hybridized carbons (Fsp3) is 0.632. The van der Waals surface area contributed by atoms with Gasteiger partial charge in [0.2, 0.25) is 5.91 Å². The second-order valence-electron chi connectivity index (χ2n) is 7.49. The van der Waals surface area contributed by atoms with E-state index in [1.165, 1.54) is 13.2 Å². The number of nitrogens with zero attached hydrogens (tertiary/aromatic N) is 3. The number of morpholine rings is 1. The van der Waals surface area contributed by atoms with Crippen molar-refractivity contribution in [1.82, 2.24) is 4.90 Å². The Labute approximate surface area is 163 Å². The maximum atomic E-state index is 13.9. The van der Waals surface area contributed by atoms with E-state index in [1.807, 2.05) is 23.6 Å². The van der Waals surface area contributed by atoms with Crippen molar-refractivity contribution < 1.29 is 23.6 Å². The van der Waals surface area contributed by atoms with Gasteiger partial charge in [-0.25, -0.2) is 4.39 Å². The maximum Gasteiger partial charge on any atom is 0.295 e. The number of carbonyl (C=O) groups excluding carboxylic acids is 1. The van der Waals surface area contributed by atoms with Gasteiger partial charge in [0.1, 0.15) is 5.69 Å². The molecule has 0 aliphatic carbocycles. The van der Waals surface area contributed by atoms with E-state index in [0.29, 0.717) is 44.7 Å². The summed E-state index contributed by atoms with van der Waals surface area (Å²) in [4.78, 5) is 27.3. The van der Waals surface area contributed by atoms with Crippen LogP contribution in [0.1, 0.15) is 26.7 Å². The largest absolute Gasteiger partial charge is 0.494 e. The van der Waals surface area contributed by atoms with Crippen molar-refractivity contribution in [1.29, 1.82) is 0 Å². The number of nitro groups is 1. The number of methoxy groups -OCH3 is 1. The van der Waals surface area contributed by atoms with Crippen molar-refractivity contribution >= 4 is 17.3 Å². The molecule has 1 amide bonds. The Hall–Kier alpha value is -2.42. The van der Waals surface area contributed by atoms with Crippen LogP contribution in [-0.4, -0.2) is 61.2 Å². The molecule has 9 heteroatoms. The molecule has 0 N–H and O–H groups in total. The lowest BCUT2D eigenvalue weighted by molar-refractivity contribution is -0.384. The lowest BCUT2D eigenvalue weighted by Crippen LogP contribution is -2.51. The summed E-state index contributed by atoms with van der Waals surface area (Å²) in [6.45, 7) is 6.07. The van der Waals surface area contributed by atoms with E-state index < -0.39 is 10.7 Å². The van der Waals surface area contributed by atoms with Crippen molar-refractivity contribution in [3.63, 3.8) is 0 Å². The fourth-order valence-electron chi connectivity index (χ4n) is 4.07. The number of amides is 1. The van der Waals surface area contributed by atoms with Crippen LogP contribution >= 0.6 is 0 Å². The van der Waals surface area contributed by atoms with Crippen LogP contribution in [0.4, 0.5) is 15.8 Å². The molecule has 8 nitrogen and oxygen atoms in total. The number of anilines is 1. The summed E-state index contributed by atoms with van der Waals surface area (Å²) in [5.41, 5.74) is 0.0293. The summed E-state index contributed by atoms with van der Waals surface area (Å²) in [7, 11) is 1.32. The number of halogens is 1. The molecule has 2 unspecified atom stereocenters. The summed E-state index contributed by atoms with van der Waals surface area (Å²) < 4.78 is 24.5. The molecule has 2 atom stereocenters. The highest BCUT2D eigenvalue weighted by Gasteiger charge is 2.34. The normalized spacial score (nSPS) is 23.6. The summed E-state index contributed by atoms with van der Waals surface area (Å²) in [6.07, 6.45) is 1.22. The molecule has 2 saturated heterocycles. The van der Waals surface area contributed by atoms with Gasteiger partial charge in [0.25, 0.3) is 5.69 Å². The van der Waals surface area contributed by atoms with Gasteiger partial charge in [-0.05, 0) is 26.7 Å². The molecular weight excluding hydrogens is 369 g/mol. The predicted molar refractivity (Wildman–Crippen MR) is 101 cm³/mol. The van der Waals surface area contributed by atoms with Crippen LogP contribution in [0.5, 0.6) is 5.75 Å². The first kappa shape index (κ1) is 20.3. The van der Waals surface area contributed by atoms with E-state index in [1.54, 1.807) is 0 Å². The first-order valence-corrected chi connectivity index (χ1v) is 9.51. The first-order chi connectivity index (χ1) is 13.3. The molecule has 3 rings (SSSR count). The molecule has 2 fully saturated rings. The molecule has 1 aromatic carbocycles. The number of carbonyl (C=O) groups is 1. The Morgan fingerprint density at radius 3 is 2.39 bits per heavy atom. The van der Waals surface area contributed by atoms with Gasteiger partial charge in [0, 0.05) is 38.2 Å². The molecule has 0 spiro atoms. The van der Waals surface area contributed by atoms with Crippen molar-refractivity contribution in [2.45, 2.75) is 38.9 Å². The van der Waals surface area contributed by atoms with Crippen LogP contribution in [0.15, 0.2) is 12.1 Å². The number of hydrogen-bond donors (Lipinski definition) is 0. The van der Waals surface area contributed by atoms with Gasteiger partial charge in [-0.3, -0.25) is 14.9 Å². The minimum atomic E-state index is -0.765.